The number of nitrogens with zero attached hydrogens (tertiary/aromatic N) is 3. The molecule has 5 nitrogen and oxygen atoms in total. The fraction of sp³-hybridized carbons (Fsp3) is 0.455. The molecule has 2 heterocycles. The normalized spacial score (nSPS) is 10.6. The standard InChI is InChI=1S/C11H17N5/c1-3-4-9-5-11(16(2)15-9)13-7-10-6-12-8-14-10/h5-6,8,13H,3-4,7H2,1-2H3,(H,12,14). The van der Waals surface area contributed by atoms with Gasteiger partial charge in [0, 0.05) is 19.3 Å². The predicted molar refractivity (Wildman–Crippen MR) is 63.1 cm³/mol. The number of aryl methyl sites for hydroxylation is 2. The molecule has 0 fully saturated rings. The second-order valence-corrected chi connectivity index (χ2v) is 3.82. The molecular weight excluding hydrogens is 202 g/mol. The van der Waals surface area contributed by atoms with Crippen molar-refractivity contribution >= 4 is 5.82 Å². The Morgan fingerprint density at radius 3 is 3.06 bits per heavy atom. The van der Waals surface area contributed by atoms with E-state index in [4.69, 9.17) is 0 Å². The van der Waals surface area contributed by atoms with Crippen LogP contribution >= 0.6 is 0 Å². The highest BCUT2D eigenvalue weighted by Crippen LogP contribution is 2.11. The van der Waals surface area contributed by atoms with E-state index in [0.717, 1.165) is 36.6 Å². The Balaban J connectivity index is 1.98. The number of nitrogens with one attached hydrogen (secondary N) is 2. The summed E-state index contributed by atoms with van der Waals surface area (Å²) in [4.78, 5) is 7.03. The number of aromatic nitrogens is 4. The topological polar surface area (TPSA) is 58.5 Å². The van der Waals surface area contributed by atoms with Crippen molar-refractivity contribution in [3.05, 3.63) is 30.0 Å². The van der Waals surface area contributed by atoms with Crippen LogP contribution in [0.15, 0.2) is 18.6 Å². The average Bonchev–Trinajstić information content (AvgIpc) is 2.86. The lowest BCUT2D eigenvalue weighted by Crippen LogP contribution is -2.04. The lowest BCUT2D eigenvalue weighted by Gasteiger charge is -2.03. The van der Waals surface area contributed by atoms with Crippen molar-refractivity contribution in [1.29, 1.82) is 0 Å². The molecule has 0 atom stereocenters. The Kier molecular flexibility index (Phi) is 3.24. The van der Waals surface area contributed by atoms with E-state index < -0.39 is 0 Å². The van der Waals surface area contributed by atoms with E-state index in [9.17, 15) is 0 Å². The summed E-state index contributed by atoms with van der Waals surface area (Å²) < 4.78 is 1.88. The van der Waals surface area contributed by atoms with Crippen molar-refractivity contribution in [2.45, 2.75) is 26.3 Å². The summed E-state index contributed by atoms with van der Waals surface area (Å²) in [5.74, 6) is 1.04. The molecule has 2 aromatic heterocycles. The molecule has 0 unspecified atom stereocenters. The van der Waals surface area contributed by atoms with Crippen molar-refractivity contribution in [3.8, 4) is 0 Å². The number of hydrogen-bond donors (Lipinski definition) is 2. The monoisotopic (exact) mass is 219 g/mol. The first-order valence-corrected chi connectivity index (χ1v) is 5.53. The van der Waals surface area contributed by atoms with Crippen LogP contribution in [0.1, 0.15) is 24.7 Å². The van der Waals surface area contributed by atoms with E-state index in [0.29, 0.717) is 0 Å². The van der Waals surface area contributed by atoms with Gasteiger partial charge in [0.25, 0.3) is 0 Å². The molecule has 0 saturated heterocycles. The highest BCUT2D eigenvalue weighted by molar-refractivity contribution is 5.37. The van der Waals surface area contributed by atoms with Crippen molar-refractivity contribution in [2.24, 2.45) is 7.05 Å². The minimum absolute atomic E-state index is 0.741. The number of hydrogen-bond acceptors (Lipinski definition) is 3. The lowest BCUT2D eigenvalue weighted by molar-refractivity contribution is 0.734. The van der Waals surface area contributed by atoms with Gasteiger partial charge in [0.1, 0.15) is 5.82 Å². The molecule has 0 bridgehead atoms. The zero-order valence-corrected chi connectivity index (χ0v) is 9.70. The van der Waals surface area contributed by atoms with Gasteiger partial charge < -0.3 is 10.3 Å². The van der Waals surface area contributed by atoms with Crippen molar-refractivity contribution in [2.75, 3.05) is 5.32 Å². The maximum absolute atomic E-state index is 4.43. The van der Waals surface area contributed by atoms with Crippen LogP contribution in [0.25, 0.3) is 0 Å². The van der Waals surface area contributed by atoms with Crippen LogP contribution in [0.4, 0.5) is 5.82 Å². The zero-order valence-electron chi connectivity index (χ0n) is 9.70. The maximum Gasteiger partial charge on any atom is 0.124 e. The molecule has 2 rings (SSSR count). The maximum atomic E-state index is 4.43. The number of imidazole rings is 1. The van der Waals surface area contributed by atoms with E-state index in [-0.39, 0.29) is 0 Å². The largest absolute Gasteiger partial charge is 0.365 e. The molecule has 0 saturated carbocycles. The van der Waals surface area contributed by atoms with Gasteiger partial charge in [-0.3, -0.25) is 4.68 Å². The van der Waals surface area contributed by atoms with Gasteiger partial charge in [-0.2, -0.15) is 5.10 Å². The quantitative estimate of drug-likeness (QED) is 0.804. The van der Waals surface area contributed by atoms with Crippen LogP contribution in [0.5, 0.6) is 0 Å². The third kappa shape index (κ3) is 2.42. The molecule has 0 aliphatic rings. The van der Waals surface area contributed by atoms with Gasteiger partial charge in [0.15, 0.2) is 0 Å². The molecular formula is C11H17N5. The smallest absolute Gasteiger partial charge is 0.124 e. The van der Waals surface area contributed by atoms with Gasteiger partial charge in [-0.15, -0.1) is 0 Å². The van der Waals surface area contributed by atoms with E-state index in [1.165, 1.54) is 0 Å². The fourth-order valence-electron chi connectivity index (χ4n) is 1.64. The SMILES string of the molecule is CCCc1cc(NCc2cnc[nH]2)n(C)n1. The predicted octanol–water partition coefficient (Wildman–Crippen LogP) is 1.71. The molecule has 86 valence electrons. The van der Waals surface area contributed by atoms with Gasteiger partial charge in [0.05, 0.1) is 24.3 Å². The Bertz CT molecular complexity index is 429. The second-order valence-electron chi connectivity index (χ2n) is 3.82. The molecule has 2 N–H and O–H groups in total. The Labute approximate surface area is 94.9 Å². The molecule has 5 heteroatoms. The summed E-state index contributed by atoms with van der Waals surface area (Å²) in [6, 6.07) is 2.10. The molecule has 0 radical (unpaired) electrons. The van der Waals surface area contributed by atoms with Crippen LogP contribution < -0.4 is 5.32 Å². The molecule has 0 spiro atoms. The first-order chi connectivity index (χ1) is 7.79. The minimum atomic E-state index is 0.741. The molecule has 2 aromatic rings. The lowest BCUT2D eigenvalue weighted by atomic mass is 10.2. The number of aromatic amines is 1. The average molecular weight is 219 g/mol. The van der Waals surface area contributed by atoms with Gasteiger partial charge >= 0.3 is 0 Å². The minimum Gasteiger partial charge on any atom is -0.365 e. The van der Waals surface area contributed by atoms with E-state index in [2.05, 4.69) is 33.4 Å². The van der Waals surface area contributed by atoms with E-state index >= 15 is 0 Å². The van der Waals surface area contributed by atoms with Crippen molar-refractivity contribution < 1.29 is 0 Å². The molecule has 0 aliphatic heterocycles. The summed E-state index contributed by atoms with van der Waals surface area (Å²) in [5.41, 5.74) is 2.20. The third-order valence-corrected chi connectivity index (χ3v) is 2.45. The molecule has 0 amide bonds. The van der Waals surface area contributed by atoms with Gasteiger partial charge in [0.2, 0.25) is 0 Å². The third-order valence-electron chi connectivity index (χ3n) is 2.45. The Hall–Kier alpha value is -1.78. The van der Waals surface area contributed by atoms with Crippen LogP contribution in [0, 0.1) is 0 Å². The number of H-pyrrole nitrogens is 1. The van der Waals surface area contributed by atoms with Gasteiger partial charge in [-0.25, -0.2) is 4.98 Å². The molecule has 0 aliphatic carbocycles. The summed E-state index contributed by atoms with van der Waals surface area (Å²) in [6.07, 6.45) is 5.65. The second kappa shape index (κ2) is 4.83. The zero-order chi connectivity index (χ0) is 11.4. The van der Waals surface area contributed by atoms with Gasteiger partial charge in [-0.1, -0.05) is 13.3 Å². The van der Waals surface area contributed by atoms with Crippen LogP contribution in [0.3, 0.4) is 0 Å². The Morgan fingerprint density at radius 2 is 2.38 bits per heavy atom. The fourth-order valence-corrected chi connectivity index (χ4v) is 1.64. The van der Waals surface area contributed by atoms with Crippen LogP contribution in [-0.4, -0.2) is 19.7 Å². The van der Waals surface area contributed by atoms with Crippen molar-refractivity contribution in [3.63, 3.8) is 0 Å². The highest BCUT2D eigenvalue weighted by Gasteiger charge is 2.03. The highest BCUT2D eigenvalue weighted by atomic mass is 15.3. The summed E-state index contributed by atoms with van der Waals surface area (Å²) in [5, 5.41) is 7.75. The first kappa shape index (κ1) is 10.7. The number of anilines is 1. The number of rotatable bonds is 5. The summed E-state index contributed by atoms with van der Waals surface area (Å²) in [7, 11) is 1.95. The van der Waals surface area contributed by atoms with E-state index in [1.54, 1.807) is 6.33 Å². The van der Waals surface area contributed by atoms with Crippen molar-refractivity contribution in [1.82, 2.24) is 19.7 Å². The van der Waals surface area contributed by atoms with E-state index in [1.807, 2.05) is 17.9 Å². The Morgan fingerprint density at radius 1 is 1.50 bits per heavy atom. The van der Waals surface area contributed by atoms with Crippen LogP contribution in [0.2, 0.25) is 0 Å². The van der Waals surface area contributed by atoms with Gasteiger partial charge in [-0.05, 0) is 6.42 Å². The molecule has 16 heavy (non-hydrogen) atoms. The molecule has 0 aromatic carbocycles. The summed E-state index contributed by atoms with van der Waals surface area (Å²) >= 11 is 0. The first-order valence-electron chi connectivity index (χ1n) is 5.53. The van der Waals surface area contributed by atoms with Crippen LogP contribution in [-0.2, 0) is 20.0 Å². The summed E-state index contributed by atoms with van der Waals surface area (Å²) in [6.45, 7) is 2.90.